The monoisotopic (exact) mass is 328 g/mol. The van der Waals surface area contributed by atoms with Crippen molar-refractivity contribution in [3.05, 3.63) is 23.2 Å². The number of carbonyl (C=O) groups excluding carboxylic acids is 2. The van der Waals surface area contributed by atoms with Gasteiger partial charge < -0.3 is 25.5 Å². The Balaban J connectivity index is 0.000000319. The Morgan fingerprint density at radius 2 is 1.41 bits per heavy atom. The van der Waals surface area contributed by atoms with Crippen LogP contribution in [-0.4, -0.2) is 83.8 Å². The molecule has 4 rings (SSSR count). The van der Waals surface area contributed by atoms with Crippen molar-refractivity contribution in [2.75, 3.05) is 52.4 Å². The lowest BCUT2D eigenvalue weighted by molar-refractivity contribution is -0.117. The maximum absolute atomic E-state index is 12.4. The number of nitrogens with two attached hydrogens (primary N) is 1. The van der Waals surface area contributed by atoms with Crippen LogP contribution in [0.2, 0.25) is 0 Å². The van der Waals surface area contributed by atoms with Crippen LogP contribution in [0, 0.1) is 0 Å². The van der Waals surface area contributed by atoms with Crippen molar-refractivity contribution in [3.63, 3.8) is 0 Å². The van der Waals surface area contributed by atoms with E-state index in [1.54, 1.807) is 0 Å². The fourth-order valence-corrected chi connectivity index (χ4v) is 2.28. The Kier molecular flexibility index (Phi) is 5.10. The highest BCUT2D eigenvalue weighted by atomic mass is 35.5. The fraction of sp³-hybridized carbons (Fsp3) is 0.571. The van der Waals surface area contributed by atoms with E-state index in [2.05, 4.69) is 0 Å². The summed E-state index contributed by atoms with van der Waals surface area (Å²) in [5.74, 6) is 0.0485. The van der Waals surface area contributed by atoms with Gasteiger partial charge in [-0.05, 0) is 0 Å². The van der Waals surface area contributed by atoms with E-state index >= 15 is 0 Å². The molecule has 0 saturated carbocycles. The summed E-state index contributed by atoms with van der Waals surface area (Å²) in [6, 6.07) is 0. The summed E-state index contributed by atoms with van der Waals surface area (Å²) in [4.78, 5) is 30.5. The third-order valence-corrected chi connectivity index (χ3v) is 3.62. The second-order valence-corrected chi connectivity index (χ2v) is 5.39. The molecule has 3 heterocycles. The molecule has 0 bridgehead atoms. The highest BCUT2D eigenvalue weighted by molar-refractivity contribution is 6.22. The van der Waals surface area contributed by atoms with Crippen LogP contribution in [0.1, 0.15) is 0 Å². The van der Waals surface area contributed by atoms with Crippen LogP contribution in [0.5, 0.6) is 0 Å². The molecule has 3 fully saturated rings. The zero-order chi connectivity index (χ0) is 15.0. The van der Waals surface area contributed by atoms with Gasteiger partial charge in [0.25, 0.3) is 0 Å². The van der Waals surface area contributed by atoms with Crippen LogP contribution >= 0.6 is 12.4 Å². The Labute approximate surface area is 135 Å². The number of Topliss-reactive ketones (excluding diaryl/α,β-unsaturated/α-hetero) is 1. The molecule has 4 aliphatic rings. The first-order valence-corrected chi connectivity index (χ1v) is 7.28. The molecular weight excluding hydrogens is 308 g/mol. The number of allylic oxidation sites excluding steroid dienone is 1. The highest BCUT2D eigenvalue weighted by Crippen LogP contribution is 2.33. The molecule has 3 saturated heterocycles. The summed E-state index contributed by atoms with van der Waals surface area (Å²) in [7, 11) is 0. The van der Waals surface area contributed by atoms with E-state index in [0.717, 1.165) is 39.3 Å². The average Bonchev–Trinajstić information content (AvgIpc) is 3.30. The topological polar surface area (TPSA) is 89.4 Å². The van der Waals surface area contributed by atoms with Crippen LogP contribution in [0.4, 0.5) is 0 Å². The Morgan fingerprint density at radius 1 is 0.955 bits per heavy atom. The normalized spacial score (nSPS) is 21.9. The summed E-state index contributed by atoms with van der Waals surface area (Å²) in [6.07, 6.45) is 1.52. The van der Waals surface area contributed by atoms with E-state index in [1.165, 1.54) is 6.08 Å². The van der Waals surface area contributed by atoms with Gasteiger partial charge in [-0.25, -0.2) is 0 Å². The van der Waals surface area contributed by atoms with Crippen molar-refractivity contribution < 1.29 is 14.7 Å². The number of aliphatic hydroxyl groups excluding tert-OH is 1. The maximum atomic E-state index is 12.4. The number of rotatable bonds is 4. The van der Waals surface area contributed by atoms with Crippen molar-refractivity contribution in [1.82, 2.24) is 14.7 Å². The van der Waals surface area contributed by atoms with Gasteiger partial charge >= 0.3 is 0 Å². The van der Waals surface area contributed by atoms with Crippen LogP contribution in [-0.2, 0) is 9.59 Å². The minimum Gasteiger partial charge on any atom is -0.395 e. The molecule has 3 N–H and O–H groups in total. The molecular formula is C14H21ClN4O3. The first kappa shape index (κ1) is 16.8. The van der Waals surface area contributed by atoms with Gasteiger partial charge in [0, 0.05) is 51.9 Å². The third-order valence-electron chi connectivity index (χ3n) is 3.62. The molecule has 0 unspecified atom stereocenters. The van der Waals surface area contributed by atoms with Gasteiger partial charge in [0.05, 0.1) is 12.3 Å². The van der Waals surface area contributed by atoms with Crippen molar-refractivity contribution in [3.8, 4) is 0 Å². The minimum absolute atomic E-state index is 0. The van der Waals surface area contributed by atoms with Gasteiger partial charge in [-0.1, -0.05) is 0 Å². The largest absolute Gasteiger partial charge is 0.395 e. The molecule has 22 heavy (non-hydrogen) atoms. The molecule has 7 nitrogen and oxygen atoms in total. The summed E-state index contributed by atoms with van der Waals surface area (Å²) in [5, 5.41) is 7.75. The number of hydrogen-bond acceptors (Lipinski definition) is 7. The predicted octanol–water partition coefficient (Wildman–Crippen LogP) is -1.46. The van der Waals surface area contributed by atoms with E-state index < -0.39 is 0 Å². The Morgan fingerprint density at radius 3 is 1.82 bits per heavy atom. The van der Waals surface area contributed by atoms with Crippen molar-refractivity contribution in [2.24, 2.45) is 5.73 Å². The maximum Gasteiger partial charge on any atom is 0.227 e. The molecule has 3 aliphatic heterocycles. The molecule has 0 aromatic carbocycles. The van der Waals surface area contributed by atoms with Gasteiger partial charge in [0.1, 0.15) is 11.4 Å². The smallest absolute Gasteiger partial charge is 0.227 e. The molecule has 0 spiro atoms. The third kappa shape index (κ3) is 3.43. The second-order valence-electron chi connectivity index (χ2n) is 5.39. The zero-order valence-corrected chi connectivity index (χ0v) is 13.1. The molecule has 1 aliphatic carbocycles. The lowest BCUT2D eigenvalue weighted by Gasteiger charge is -2.21. The molecule has 8 heteroatoms. The van der Waals surface area contributed by atoms with Crippen molar-refractivity contribution in [1.29, 1.82) is 0 Å². The van der Waals surface area contributed by atoms with E-state index in [0.29, 0.717) is 23.6 Å². The SMILES string of the molecule is Cl.NCCO.O=C1C=C(N2CC2)C(=O)C(N2CC2)=C1N1CC1. The van der Waals surface area contributed by atoms with Gasteiger partial charge in [0.15, 0.2) is 0 Å². The standard InChI is InChI=1S/C12H13N3O2.C2H7NO.ClH/c16-9-7-8(13-1-2-13)12(17)11(15-5-6-15)10(9)14-3-4-14;3-1-2-4;/h7H,1-6H2;4H,1-3H2;1H. The van der Waals surface area contributed by atoms with E-state index in [9.17, 15) is 9.59 Å². The molecule has 0 aromatic rings. The number of hydrogen-bond donors (Lipinski definition) is 2. The lowest BCUT2D eigenvalue weighted by Crippen LogP contribution is -2.29. The molecule has 0 atom stereocenters. The minimum atomic E-state index is 0. The lowest BCUT2D eigenvalue weighted by atomic mass is 10.0. The van der Waals surface area contributed by atoms with Crippen LogP contribution in [0.25, 0.3) is 0 Å². The number of ketones is 2. The summed E-state index contributed by atoms with van der Waals surface area (Å²) in [6.45, 7) is 5.88. The number of nitrogens with zero attached hydrogens (tertiary/aromatic N) is 3. The number of halogens is 1. The van der Waals surface area contributed by atoms with E-state index in [4.69, 9.17) is 10.8 Å². The van der Waals surface area contributed by atoms with E-state index in [1.807, 2.05) is 14.7 Å². The van der Waals surface area contributed by atoms with Gasteiger partial charge in [-0.15, -0.1) is 12.4 Å². The molecule has 0 radical (unpaired) electrons. The number of carbonyl (C=O) groups is 2. The fourth-order valence-electron chi connectivity index (χ4n) is 2.28. The first-order valence-electron chi connectivity index (χ1n) is 7.28. The molecule has 122 valence electrons. The quantitative estimate of drug-likeness (QED) is 0.481. The van der Waals surface area contributed by atoms with Gasteiger partial charge in [-0.3, -0.25) is 9.59 Å². The van der Waals surface area contributed by atoms with Crippen molar-refractivity contribution >= 4 is 24.0 Å². The first-order chi connectivity index (χ1) is 10.2. The van der Waals surface area contributed by atoms with Crippen LogP contribution in [0.15, 0.2) is 23.2 Å². The van der Waals surface area contributed by atoms with Crippen molar-refractivity contribution in [2.45, 2.75) is 0 Å². The average molecular weight is 329 g/mol. The van der Waals surface area contributed by atoms with Crippen LogP contribution < -0.4 is 5.73 Å². The van der Waals surface area contributed by atoms with E-state index in [-0.39, 0.29) is 30.6 Å². The highest BCUT2D eigenvalue weighted by Gasteiger charge is 2.43. The summed E-state index contributed by atoms with van der Waals surface area (Å²) in [5.41, 5.74) is 6.66. The van der Waals surface area contributed by atoms with Gasteiger partial charge in [0.2, 0.25) is 11.6 Å². The predicted molar refractivity (Wildman–Crippen MR) is 83.2 cm³/mol. The molecule has 0 amide bonds. The number of aliphatic hydroxyl groups is 1. The molecule has 0 aromatic heterocycles. The summed E-state index contributed by atoms with van der Waals surface area (Å²) < 4.78 is 0. The van der Waals surface area contributed by atoms with Gasteiger partial charge in [-0.2, -0.15) is 0 Å². The summed E-state index contributed by atoms with van der Waals surface area (Å²) >= 11 is 0. The second kappa shape index (κ2) is 6.68. The zero-order valence-electron chi connectivity index (χ0n) is 12.3. The van der Waals surface area contributed by atoms with Crippen LogP contribution in [0.3, 0.4) is 0 Å². The Bertz CT molecular complexity index is 532. The Hall–Kier alpha value is -1.57.